The third-order valence-corrected chi connectivity index (χ3v) is 3.68. The molecule has 0 saturated heterocycles. The first-order valence-corrected chi connectivity index (χ1v) is 5.16. The molecule has 0 amide bonds. The fourth-order valence-corrected chi connectivity index (χ4v) is 3.05. The molecule has 76 valence electrons. The van der Waals surface area contributed by atoms with Crippen LogP contribution in [0.15, 0.2) is 30.4 Å². The Morgan fingerprint density at radius 1 is 1.33 bits per heavy atom. The molecule has 15 heavy (non-hydrogen) atoms. The Kier molecular flexibility index (Phi) is 1.55. The van der Waals surface area contributed by atoms with Crippen molar-refractivity contribution >= 4 is 5.69 Å². The molecule has 1 saturated carbocycles. The smallest absolute Gasteiger partial charge is 0.258 e. The molecule has 0 N–H and O–H groups in total. The summed E-state index contributed by atoms with van der Waals surface area (Å²) in [4.78, 5) is 10.6. The summed E-state index contributed by atoms with van der Waals surface area (Å²) in [6.07, 6.45) is 2.14. The molecule has 2 unspecified atom stereocenters. The predicted molar refractivity (Wildman–Crippen MR) is 57.0 cm³/mol. The molecule has 1 aromatic rings. The standard InChI is InChI=1S/C12H11NO2/c1-7-8-5-6-9(7)12-10(8)3-2-4-11(12)13(14)15/h2-4,8-9H,1,5-6H2. The maximum Gasteiger partial charge on any atom is 0.273 e. The van der Waals surface area contributed by atoms with Crippen LogP contribution in [0.1, 0.15) is 35.8 Å². The van der Waals surface area contributed by atoms with Crippen molar-refractivity contribution in [3.05, 3.63) is 51.6 Å². The van der Waals surface area contributed by atoms with Gasteiger partial charge in [0.05, 0.1) is 4.92 Å². The minimum Gasteiger partial charge on any atom is -0.258 e. The van der Waals surface area contributed by atoms with Crippen LogP contribution in [0.5, 0.6) is 0 Å². The summed E-state index contributed by atoms with van der Waals surface area (Å²) in [6, 6.07) is 5.40. The van der Waals surface area contributed by atoms with E-state index in [4.69, 9.17) is 0 Å². The van der Waals surface area contributed by atoms with Crippen LogP contribution in [-0.4, -0.2) is 4.92 Å². The second-order valence-electron chi connectivity index (χ2n) is 4.29. The number of hydrogen-bond acceptors (Lipinski definition) is 2. The van der Waals surface area contributed by atoms with Crippen LogP contribution < -0.4 is 0 Å². The Morgan fingerprint density at radius 2 is 2.07 bits per heavy atom. The SMILES string of the molecule is C=C1C2CCC1c1c2cccc1[N+](=O)[O-]. The molecule has 2 aliphatic rings. The normalized spacial score (nSPS) is 26.8. The van der Waals surface area contributed by atoms with Crippen LogP contribution in [0.25, 0.3) is 0 Å². The Labute approximate surface area is 87.6 Å². The molecule has 2 atom stereocenters. The van der Waals surface area contributed by atoms with Gasteiger partial charge in [0.25, 0.3) is 5.69 Å². The summed E-state index contributed by atoms with van der Waals surface area (Å²) < 4.78 is 0. The lowest BCUT2D eigenvalue weighted by Gasteiger charge is -2.13. The molecule has 3 rings (SSSR count). The van der Waals surface area contributed by atoms with E-state index in [1.807, 2.05) is 6.07 Å². The van der Waals surface area contributed by atoms with Crippen LogP contribution in [0.4, 0.5) is 5.69 Å². The first-order chi connectivity index (χ1) is 7.20. The molecule has 3 heteroatoms. The average molecular weight is 201 g/mol. The van der Waals surface area contributed by atoms with Crippen LogP contribution in [-0.2, 0) is 0 Å². The highest BCUT2D eigenvalue weighted by molar-refractivity contribution is 5.60. The van der Waals surface area contributed by atoms with E-state index in [2.05, 4.69) is 6.58 Å². The van der Waals surface area contributed by atoms with E-state index in [-0.39, 0.29) is 16.5 Å². The van der Waals surface area contributed by atoms with Crippen LogP contribution in [0.2, 0.25) is 0 Å². The van der Waals surface area contributed by atoms with Gasteiger partial charge in [0.2, 0.25) is 0 Å². The number of nitrogens with zero attached hydrogens (tertiary/aromatic N) is 1. The van der Waals surface area contributed by atoms with Crippen molar-refractivity contribution in [2.24, 2.45) is 0 Å². The molecule has 2 aliphatic carbocycles. The topological polar surface area (TPSA) is 43.1 Å². The lowest BCUT2D eigenvalue weighted by molar-refractivity contribution is -0.385. The highest BCUT2D eigenvalue weighted by Crippen LogP contribution is 2.58. The van der Waals surface area contributed by atoms with Crippen LogP contribution >= 0.6 is 0 Å². The molecular formula is C12H11NO2. The van der Waals surface area contributed by atoms with Gasteiger partial charge in [-0.05, 0) is 18.4 Å². The summed E-state index contributed by atoms with van der Waals surface area (Å²) in [5, 5.41) is 10.9. The Balaban J connectivity index is 2.27. The minimum absolute atomic E-state index is 0.242. The second-order valence-corrected chi connectivity index (χ2v) is 4.29. The molecule has 1 aromatic carbocycles. The van der Waals surface area contributed by atoms with E-state index in [0.717, 1.165) is 24.0 Å². The second kappa shape index (κ2) is 2.69. The number of nitro groups is 1. The Bertz CT molecular complexity index is 479. The number of benzene rings is 1. The van der Waals surface area contributed by atoms with E-state index >= 15 is 0 Å². The van der Waals surface area contributed by atoms with E-state index in [0.29, 0.717) is 5.92 Å². The van der Waals surface area contributed by atoms with E-state index < -0.39 is 0 Å². The molecule has 0 heterocycles. The molecule has 1 fully saturated rings. The van der Waals surface area contributed by atoms with Crippen LogP contribution in [0, 0.1) is 10.1 Å². The third-order valence-electron chi connectivity index (χ3n) is 3.68. The molecule has 0 spiro atoms. The number of nitro benzene ring substituents is 1. The van der Waals surface area contributed by atoms with Gasteiger partial charge in [-0.1, -0.05) is 24.3 Å². The highest BCUT2D eigenvalue weighted by atomic mass is 16.6. The van der Waals surface area contributed by atoms with E-state index in [1.165, 1.54) is 5.57 Å². The van der Waals surface area contributed by atoms with Crippen molar-refractivity contribution in [1.82, 2.24) is 0 Å². The fourth-order valence-electron chi connectivity index (χ4n) is 3.05. The first kappa shape index (κ1) is 8.65. The number of hydrogen-bond donors (Lipinski definition) is 0. The van der Waals surface area contributed by atoms with Gasteiger partial charge in [0.15, 0.2) is 0 Å². The summed E-state index contributed by atoms with van der Waals surface area (Å²) in [5.74, 6) is 0.622. The Hall–Kier alpha value is -1.64. The number of allylic oxidation sites excluding steroid dienone is 1. The van der Waals surface area contributed by atoms with Gasteiger partial charge in [-0.2, -0.15) is 0 Å². The molecule has 0 aromatic heterocycles. The van der Waals surface area contributed by atoms with Crippen molar-refractivity contribution < 1.29 is 4.92 Å². The van der Waals surface area contributed by atoms with Gasteiger partial charge >= 0.3 is 0 Å². The molecule has 2 bridgehead atoms. The van der Waals surface area contributed by atoms with Gasteiger partial charge in [0, 0.05) is 23.5 Å². The average Bonchev–Trinajstić information content (AvgIpc) is 2.72. The monoisotopic (exact) mass is 201 g/mol. The summed E-state index contributed by atoms with van der Waals surface area (Å²) in [6.45, 7) is 4.07. The zero-order valence-corrected chi connectivity index (χ0v) is 8.27. The molecule has 3 nitrogen and oxygen atoms in total. The third kappa shape index (κ3) is 0.950. The quantitative estimate of drug-likeness (QED) is 0.398. The maximum absolute atomic E-state index is 10.9. The summed E-state index contributed by atoms with van der Waals surface area (Å²) in [5.41, 5.74) is 3.54. The molecular weight excluding hydrogens is 190 g/mol. The lowest BCUT2D eigenvalue weighted by atomic mass is 9.91. The molecule has 0 radical (unpaired) electrons. The predicted octanol–water partition coefficient (Wildman–Crippen LogP) is 3.13. The zero-order chi connectivity index (χ0) is 10.6. The lowest BCUT2D eigenvalue weighted by Crippen LogP contribution is -2.02. The van der Waals surface area contributed by atoms with Crippen molar-refractivity contribution in [2.75, 3.05) is 0 Å². The minimum atomic E-state index is -0.271. The van der Waals surface area contributed by atoms with Crippen molar-refractivity contribution in [3.63, 3.8) is 0 Å². The number of fused-ring (bicyclic) bond motifs is 5. The van der Waals surface area contributed by atoms with Gasteiger partial charge in [-0.15, -0.1) is 0 Å². The van der Waals surface area contributed by atoms with E-state index in [1.54, 1.807) is 12.1 Å². The summed E-state index contributed by atoms with van der Waals surface area (Å²) in [7, 11) is 0. The van der Waals surface area contributed by atoms with Gasteiger partial charge in [-0.25, -0.2) is 0 Å². The van der Waals surface area contributed by atoms with Crippen molar-refractivity contribution in [3.8, 4) is 0 Å². The van der Waals surface area contributed by atoms with Crippen LogP contribution in [0.3, 0.4) is 0 Å². The molecule has 0 aliphatic heterocycles. The highest BCUT2D eigenvalue weighted by Gasteiger charge is 2.43. The fraction of sp³-hybridized carbons (Fsp3) is 0.333. The first-order valence-electron chi connectivity index (χ1n) is 5.16. The van der Waals surface area contributed by atoms with Crippen molar-refractivity contribution in [1.29, 1.82) is 0 Å². The summed E-state index contributed by atoms with van der Waals surface area (Å²) >= 11 is 0. The van der Waals surface area contributed by atoms with Crippen molar-refractivity contribution in [2.45, 2.75) is 24.7 Å². The van der Waals surface area contributed by atoms with Gasteiger partial charge in [0.1, 0.15) is 0 Å². The van der Waals surface area contributed by atoms with Gasteiger partial charge < -0.3 is 0 Å². The van der Waals surface area contributed by atoms with Gasteiger partial charge in [-0.3, -0.25) is 10.1 Å². The maximum atomic E-state index is 10.9. The number of rotatable bonds is 1. The Morgan fingerprint density at radius 3 is 2.80 bits per heavy atom. The van der Waals surface area contributed by atoms with E-state index in [9.17, 15) is 10.1 Å². The largest absolute Gasteiger partial charge is 0.273 e. The zero-order valence-electron chi connectivity index (χ0n) is 8.27.